The van der Waals surface area contributed by atoms with Gasteiger partial charge in [0.05, 0.1) is 24.3 Å². The van der Waals surface area contributed by atoms with E-state index >= 15 is 0 Å². The fourth-order valence-corrected chi connectivity index (χ4v) is 5.53. The summed E-state index contributed by atoms with van der Waals surface area (Å²) < 4.78 is 10.8. The first-order valence-electron chi connectivity index (χ1n) is 11.2. The van der Waals surface area contributed by atoms with E-state index in [1.54, 1.807) is 17.0 Å². The van der Waals surface area contributed by atoms with Crippen molar-refractivity contribution in [1.29, 1.82) is 0 Å². The summed E-state index contributed by atoms with van der Waals surface area (Å²) in [5.41, 5.74) is 3.51. The van der Waals surface area contributed by atoms with Crippen molar-refractivity contribution < 1.29 is 23.9 Å². The van der Waals surface area contributed by atoms with Crippen molar-refractivity contribution in [3.05, 3.63) is 76.9 Å². The second-order valence-electron chi connectivity index (χ2n) is 8.28. The van der Waals surface area contributed by atoms with Gasteiger partial charge in [-0.2, -0.15) is 0 Å². The van der Waals surface area contributed by atoms with Crippen molar-refractivity contribution in [1.82, 2.24) is 4.90 Å². The lowest BCUT2D eigenvalue weighted by Crippen LogP contribution is -2.41. The molecule has 2 aromatic carbocycles. The summed E-state index contributed by atoms with van der Waals surface area (Å²) >= 11 is 1.36. The van der Waals surface area contributed by atoms with Crippen LogP contribution < -0.4 is 5.32 Å². The van der Waals surface area contributed by atoms with Crippen LogP contribution in [0.1, 0.15) is 31.8 Å². The third-order valence-electron chi connectivity index (χ3n) is 6.12. The monoisotopic (exact) mass is 476 g/mol. The van der Waals surface area contributed by atoms with Gasteiger partial charge in [-0.3, -0.25) is 9.59 Å². The standard InChI is InChI=1S/C26H24N2O5S/c1-16-21(25(30)28-11-13-32-14-12-28)24(34-22(16)17-7-3-2-4-8-17)27-23(29)20-15-18-9-5-6-10-19(18)26(31)33-20/h2-10,20H,11-15H2,1H3,(H,27,29)/t20-/m1/s1. The van der Waals surface area contributed by atoms with E-state index in [9.17, 15) is 14.4 Å². The average Bonchev–Trinajstić information content (AvgIpc) is 3.20. The lowest BCUT2D eigenvalue weighted by molar-refractivity contribution is -0.125. The first-order valence-corrected chi connectivity index (χ1v) is 12.0. The molecule has 174 valence electrons. The lowest BCUT2D eigenvalue weighted by atomic mass is 9.98. The molecule has 2 aliphatic heterocycles. The molecular weight excluding hydrogens is 452 g/mol. The average molecular weight is 477 g/mol. The number of nitrogens with zero attached hydrogens (tertiary/aromatic N) is 1. The quantitative estimate of drug-likeness (QED) is 0.577. The Morgan fingerprint density at radius 1 is 1.03 bits per heavy atom. The van der Waals surface area contributed by atoms with E-state index in [0.717, 1.165) is 21.6 Å². The molecule has 34 heavy (non-hydrogen) atoms. The Bertz CT molecular complexity index is 1250. The number of cyclic esters (lactones) is 1. The van der Waals surface area contributed by atoms with Crippen LogP contribution in [-0.4, -0.2) is 55.1 Å². The van der Waals surface area contributed by atoms with Crippen LogP contribution in [0.4, 0.5) is 5.00 Å². The SMILES string of the molecule is Cc1c(-c2ccccc2)sc(NC(=O)[C@H]2Cc3ccccc3C(=O)O2)c1C(=O)N1CCOCC1. The van der Waals surface area contributed by atoms with Gasteiger partial charge in [-0.05, 0) is 29.7 Å². The van der Waals surface area contributed by atoms with Crippen LogP contribution in [-0.2, 0) is 20.7 Å². The highest BCUT2D eigenvalue weighted by Crippen LogP contribution is 2.41. The molecule has 1 N–H and O–H groups in total. The fraction of sp³-hybridized carbons (Fsp3) is 0.269. The minimum Gasteiger partial charge on any atom is -0.448 e. The Balaban J connectivity index is 1.47. The summed E-state index contributed by atoms with van der Waals surface area (Å²) in [7, 11) is 0. The molecule has 1 fully saturated rings. The van der Waals surface area contributed by atoms with Gasteiger partial charge in [-0.15, -0.1) is 11.3 Å². The minimum absolute atomic E-state index is 0.138. The number of ether oxygens (including phenoxy) is 2. The lowest BCUT2D eigenvalue weighted by Gasteiger charge is -2.27. The van der Waals surface area contributed by atoms with Gasteiger partial charge in [-0.25, -0.2) is 4.79 Å². The number of morpholine rings is 1. The molecule has 5 rings (SSSR count). The van der Waals surface area contributed by atoms with Gasteiger partial charge in [-0.1, -0.05) is 48.5 Å². The molecule has 1 saturated heterocycles. The maximum absolute atomic E-state index is 13.5. The normalized spacial score (nSPS) is 17.6. The highest BCUT2D eigenvalue weighted by molar-refractivity contribution is 7.20. The van der Waals surface area contributed by atoms with Gasteiger partial charge >= 0.3 is 5.97 Å². The number of benzene rings is 2. The van der Waals surface area contributed by atoms with Gasteiger partial charge in [0.2, 0.25) is 0 Å². The van der Waals surface area contributed by atoms with E-state index in [4.69, 9.17) is 9.47 Å². The molecule has 0 aliphatic carbocycles. The highest BCUT2D eigenvalue weighted by Gasteiger charge is 2.33. The molecule has 8 heteroatoms. The van der Waals surface area contributed by atoms with Gasteiger partial charge in [0.25, 0.3) is 11.8 Å². The van der Waals surface area contributed by atoms with E-state index in [0.29, 0.717) is 42.4 Å². The van der Waals surface area contributed by atoms with Crippen LogP contribution in [0.15, 0.2) is 54.6 Å². The number of thiophene rings is 1. The number of esters is 1. The number of carbonyl (C=O) groups is 3. The van der Waals surface area contributed by atoms with E-state index < -0.39 is 18.0 Å². The van der Waals surface area contributed by atoms with Crippen molar-refractivity contribution in [2.45, 2.75) is 19.4 Å². The minimum atomic E-state index is -0.962. The van der Waals surface area contributed by atoms with E-state index in [1.807, 2.05) is 49.4 Å². The van der Waals surface area contributed by atoms with Crippen LogP contribution in [0.3, 0.4) is 0 Å². The molecule has 0 saturated carbocycles. The molecule has 0 radical (unpaired) electrons. The smallest absolute Gasteiger partial charge is 0.339 e. The van der Waals surface area contributed by atoms with Crippen LogP contribution in [0.2, 0.25) is 0 Å². The second kappa shape index (κ2) is 9.40. The maximum Gasteiger partial charge on any atom is 0.339 e. The van der Waals surface area contributed by atoms with Crippen LogP contribution in [0, 0.1) is 6.92 Å². The molecule has 2 aliphatic rings. The fourth-order valence-electron chi connectivity index (χ4n) is 4.32. The van der Waals surface area contributed by atoms with Crippen LogP contribution in [0.25, 0.3) is 10.4 Å². The Hall–Kier alpha value is -3.49. The Morgan fingerprint density at radius 3 is 2.50 bits per heavy atom. The number of hydrogen-bond acceptors (Lipinski definition) is 6. The van der Waals surface area contributed by atoms with Crippen molar-refractivity contribution in [3.63, 3.8) is 0 Å². The van der Waals surface area contributed by atoms with E-state index in [2.05, 4.69) is 5.32 Å². The summed E-state index contributed by atoms with van der Waals surface area (Å²) in [6.07, 6.45) is -0.674. The molecule has 3 heterocycles. The molecule has 3 aromatic rings. The molecule has 0 unspecified atom stereocenters. The summed E-state index contributed by atoms with van der Waals surface area (Å²) in [6.45, 7) is 3.87. The Morgan fingerprint density at radius 2 is 1.74 bits per heavy atom. The summed E-state index contributed by atoms with van der Waals surface area (Å²) in [5.74, 6) is -1.10. The number of rotatable bonds is 4. The molecular formula is C26H24N2O5S. The van der Waals surface area contributed by atoms with Crippen molar-refractivity contribution >= 4 is 34.1 Å². The predicted octanol–water partition coefficient (Wildman–Crippen LogP) is 3.92. The summed E-state index contributed by atoms with van der Waals surface area (Å²) in [6, 6.07) is 16.9. The molecule has 2 amide bonds. The summed E-state index contributed by atoms with van der Waals surface area (Å²) in [4.78, 5) is 41.8. The Labute approximate surface area is 201 Å². The maximum atomic E-state index is 13.5. The van der Waals surface area contributed by atoms with Gasteiger partial charge in [0.15, 0.2) is 6.10 Å². The van der Waals surface area contributed by atoms with E-state index in [-0.39, 0.29) is 12.3 Å². The van der Waals surface area contributed by atoms with Crippen molar-refractivity contribution in [2.75, 3.05) is 31.6 Å². The van der Waals surface area contributed by atoms with Crippen molar-refractivity contribution in [3.8, 4) is 10.4 Å². The molecule has 7 nitrogen and oxygen atoms in total. The zero-order chi connectivity index (χ0) is 23.7. The number of anilines is 1. The molecule has 0 spiro atoms. The number of carbonyl (C=O) groups excluding carboxylic acids is 3. The van der Waals surface area contributed by atoms with Crippen LogP contribution >= 0.6 is 11.3 Å². The molecule has 1 aromatic heterocycles. The number of hydrogen-bond donors (Lipinski definition) is 1. The summed E-state index contributed by atoms with van der Waals surface area (Å²) in [5, 5.41) is 3.37. The van der Waals surface area contributed by atoms with Gasteiger partial charge < -0.3 is 19.7 Å². The zero-order valence-corrected chi connectivity index (χ0v) is 19.5. The third kappa shape index (κ3) is 4.22. The highest BCUT2D eigenvalue weighted by atomic mass is 32.1. The number of fused-ring (bicyclic) bond motifs is 1. The third-order valence-corrected chi connectivity index (χ3v) is 7.37. The molecule has 0 bridgehead atoms. The molecule has 1 atom stereocenters. The second-order valence-corrected chi connectivity index (χ2v) is 9.30. The largest absolute Gasteiger partial charge is 0.448 e. The predicted molar refractivity (Wildman–Crippen MR) is 129 cm³/mol. The first-order chi connectivity index (χ1) is 16.5. The van der Waals surface area contributed by atoms with Crippen molar-refractivity contribution in [2.24, 2.45) is 0 Å². The topological polar surface area (TPSA) is 84.9 Å². The zero-order valence-electron chi connectivity index (χ0n) is 18.7. The van der Waals surface area contributed by atoms with Gasteiger partial charge in [0, 0.05) is 24.4 Å². The van der Waals surface area contributed by atoms with Gasteiger partial charge in [0.1, 0.15) is 5.00 Å². The first kappa shape index (κ1) is 22.3. The van der Waals surface area contributed by atoms with E-state index in [1.165, 1.54) is 11.3 Å². The Kier molecular flexibility index (Phi) is 6.17. The number of amides is 2. The number of nitrogens with one attached hydrogen (secondary N) is 1. The van der Waals surface area contributed by atoms with Crippen LogP contribution in [0.5, 0.6) is 0 Å².